The lowest BCUT2D eigenvalue weighted by atomic mass is 9.95. The zero-order valence-corrected chi connectivity index (χ0v) is 10.9. The molecule has 2 heteroatoms. The quantitative estimate of drug-likeness (QED) is 0.838. The molecule has 0 heterocycles. The molecule has 2 nitrogen and oxygen atoms in total. The summed E-state index contributed by atoms with van der Waals surface area (Å²) in [7, 11) is 0. The Bertz CT molecular complexity index is 381. The van der Waals surface area contributed by atoms with Crippen LogP contribution >= 0.6 is 0 Å². The third kappa shape index (κ3) is 3.22. The van der Waals surface area contributed by atoms with E-state index in [1.54, 1.807) is 0 Å². The first-order valence-corrected chi connectivity index (χ1v) is 6.69. The maximum Gasteiger partial charge on any atom is 0.122 e. The number of hydrogen-bond donors (Lipinski definition) is 2. The average Bonchev–Trinajstić information content (AvgIpc) is 2.33. The van der Waals surface area contributed by atoms with Gasteiger partial charge in [-0.25, -0.2) is 0 Å². The molecule has 17 heavy (non-hydrogen) atoms. The van der Waals surface area contributed by atoms with Gasteiger partial charge in [0.2, 0.25) is 0 Å². The van der Waals surface area contributed by atoms with Crippen molar-refractivity contribution in [3.05, 3.63) is 28.8 Å². The van der Waals surface area contributed by atoms with E-state index in [4.69, 9.17) is 0 Å². The van der Waals surface area contributed by atoms with E-state index >= 15 is 0 Å². The van der Waals surface area contributed by atoms with E-state index in [0.717, 1.165) is 17.7 Å². The first-order valence-electron chi connectivity index (χ1n) is 6.69. The van der Waals surface area contributed by atoms with Crippen LogP contribution in [-0.4, -0.2) is 11.1 Å². The Labute approximate surface area is 104 Å². The average molecular weight is 233 g/mol. The molecule has 0 bridgehead atoms. The van der Waals surface area contributed by atoms with Crippen LogP contribution in [0.25, 0.3) is 0 Å². The number of hydrogen-bond acceptors (Lipinski definition) is 2. The van der Waals surface area contributed by atoms with Crippen molar-refractivity contribution in [2.75, 3.05) is 0 Å². The first-order chi connectivity index (χ1) is 8.16. The molecule has 1 fully saturated rings. The van der Waals surface area contributed by atoms with E-state index in [1.165, 1.54) is 37.7 Å². The molecule has 0 spiro atoms. The summed E-state index contributed by atoms with van der Waals surface area (Å²) in [6.07, 6.45) is 6.64. The summed E-state index contributed by atoms with van der Waals surface area (Å²) in [5, 5.41) is 13.6. The fourth-order valence-electron chi connectivity index (χ4n) is 2.74. The Hall–Kier alpha value is -1.02. The minimum atomic E-state index is 0.457. The normalized spacial score (nSPS) is 17.3. The Morgan fingerprint density at radius 3 is 2.59 bits per heavy atom. The summed E-state index contributed by atoms with van der Waals surface area (Å²) in [4.78, 5) is 0. The monoisotopic (exact) mass is 233 g/mol. The summed E-state index contributed by atoms with van der Waals surface area (Å²) in [6, 6.07) is 4.75. The molecule has 0 aromatic heterocycles. The lowest BCUT2D eigenvalue weighted by Crippen LogP contribution is -2.30. The van der Waals surface area contributed by atoms with Crippen molar-refractivity contribution in [3.8, 4) is 5.75 Å². The number of benzene rings is 1. The van der Waals surface area contributed by atoms with Gasteiger partial charge in [-0.15, -0.1) is 0 Å². The molecule has 0 radical (unpaired) electrons. The molecular formula is C15H23NO. The summed E-state index contributed by atoms with van der Waals surface area (Å²) >= 11 is 0. The number of rotatable bonds is 3. The van der Waals surface area contributed by atoms with Gasteiger partial charge in [0.25, 0.3) is 0 Å². The van der Waals surface area contributed by atoms with Gasteiger partial charge in [-0.3, -0.25) is 0 Å². The van der Waals surface area contributed by atoms with Gasteiger partial charge in [0.15, 0.2) is 0 Å². The highest BCUT2D eigenvalue weighted by molar-refractivity contribution is 5.42. The van der Waals surface area contributed by atoms with Gasteiger partial charge in [0, 0.05) is 18.2 Å². The summed E-state index contributed by atoms with van der Waals surface area (Å²) in [5.74, 6) is 0.457. The molecule has 0 amide bonds. The number of phenolic OH excluding ortho intramolecular Hbond substituents is 1. The maximum atomic E-state index is 10.0. The molecule has 94 valence electrons. The molecule has 2 rings (SSSR count). The van der Waals surface area contributed by atoms with Gasteiger partial charge in [-0.05, 0) is 32.3 Å². The first kappa shape index (κ1) is 12.4. The maximum absolute atomic E-state index is 10.0. The van der Waals surface area contributed by atoms with Crippen molar-refractivity contribution in [1.82, 2.24) is 5.32 Å². The molecule has 1 aliphatic carbocycles. The van der Waals surface area contributed by atoms with Gasteiger partial charge in [-0.2, -0.15) is 0 Å². The van der Waals surface area contributed by atoms with E-state index in [0.29, 0.717) is 11.8 Å². The lowest BCUT2D eigenvalue weighted by molar-refractivity contribution is 0.368. The summed E-state index contributed by atoms with van der Waals surface area (Å²) < 4.78 is 0. The molecule has 0 aliphatic heterocycles. The van der Waals surface area contributed by atoms with E-state index < -0.39 is 0 Å². The second-order valence-electron chi connectivity index (χ2n) is 5.31. The molecule has 1 aromatic carbocycles. The van der Waals surface area contributed by atoms with Crippen LogP contribution in [-0.2, 0) is 6.54 Å². The zero-order chi connectivity index (χ0) is 12.3. The third-order valence-electron chi connectivity index (χ3n) is 3.71. The minimum absolute atomic E-state index is 0.457. The topological polar surface area (TPSA) is 32.3 Å². The minimum Gasteiger partial charge on any atom is -0.507 e. The van der Waals surface area contributed by atoms with E-state index in [1.807, 2.05) is 13.0 Å². The van der Waals surface area contributed by atoms with E-state index in [9.17, 15) is 5.11 Å². The van der Waals surface area contributed by atoms with Crippen LogP contribution in [0.2, 0.25) is 0 Å². The van der Waals surface area contributed by atoms with Crippen LogP contribution < -0.4 is 5.32 Å². The van der Waals surface area contributed by atoms with Crippen LogP contribution in [0.1, 0.15) is 48.8 Å². The van der Waals surface area contributed by atoms with Gasteiger partial charge in [0.1, 0.15) is 5.75 Å². The predicted octanol–water partition coefficient (Wildman–Crippen LogP) is 3.43. The second-order valence-corrected chi connectivity index (χ2v) is 5.31. The SMILES string of the molecule is Cc1cc(C)c(O)c(CNC2CCCCC2)c1. The van der Waals surface area contributed by atoms with Crippen molar-refractivity contribution in [2.45, 2.75) is 58.5 Å². The van der Waals surface area contributed by atoms with Gasteiger partial charge in [0.05, 0.1) is 0 Å². The molecular weight excluding hydrogens is 210 g/mol. The Kier molecular flexibility index (Phi) is 4.06. The number of phenols is 1. The fraction of sp³-hybridized carbons (Fsp3) is 0.600. The number of aromatic hydroxyl groups is 1. The number of nitrogens with one attached hydrogen (secondary N) is 1. The largest absolute Gasteiger partial charge is 0.507 e. The Balaban J connectivity index is 1.98. The van der Waals surface area contributed by atoms with Gasteiger partial charge < -0.3 is 10.4 Å². The Morgan fingerprint density at radius 2 is 1.88 bits per heavy atom. The van der Waals surface area contributed by atoms with Gasteiger partial charge >= 0.3 is 0 Å². The second kappa shape index (κ2) is 5.54. The van der Waals surface area contributed by atoms with Crippen LogP contribution in [0.4, 0.5) is 0 Å². The van der Waals surface area contributed by atoms with E-state index in [2.05, 4.69) is 18.3 Å². The standard InChI is InChI=1S/C15H23NO/c1-11-8-12(2)15(17)13(9-11)10-16-14-6-4-3-5-7-14/h8-9,14,16-17H,3-7,10H2,1-2H3. The Morgan fingerprint density at radius 1 is 1.18 bits per heavy atom. The highest BCUT2D eigenvalue weighted by atomic mass is 16.3. The highest BCUT2D eigenvalue weighted by Crippen LogP contribution is 2.24. The molecule has 0 unspecified atom stereocenters. The fourth-order valence-corrected chi connectivity index (χ4v) is 2.74. The van der Waals surface area contributed by atoms with Crippen molar-refractivity contribution in [3.63, 3.8) is 0 Å². The van der Waals surface area contributed by atoms with Crippen molar-refractivity contribution in [1.29, 1.82) is 0 Å². The summed E-state index contributed by atoms with van der Waals surface area (Å²) in [6.45, 7) is 4.84. The predicted molar refractivity (Wildman–Crippen MR) is 71.3 cm³/mol. The lowest BCUT2D eigenvalue weighted by Gasteiger charge is -2.23. The summed E-state index contributed by atoms with van der Waals surface area (Å²) in [5.41, 5.74) is 3.24. The molecule has 1 aliphatic rings. The third-order valence-corrected chi connectivity index (χ3v) is 3.71. The van der Waals surface area contributed by atoms with E-state index in [-0.39, 0.29) is 0 Å². The molecule has 1 saturated carbocycles. The van der Waals surface area contributed by atoms with Crippen molar-refractivity contribution >= 4 is 0 Å². The smallest absolute Gasteiger partial charge is 0.122 e. The number of aryl methyl sites for hydroxylation is 2. The highest BCUT2D eigenvalue weighted by Gasteiger charge is 2.13. The van der Waals surface area contributed by atoms with Crippen molar-refractivity contribution in [2.24, 2.45) is 0 Å². The van der Waals surface area contributed by atoms with Crippen LogP contribution in [0.15, 0.2) is 12.1 Å². The van der Waals surface area contributed by atoms with Crippen LogP contribution in [0.3, 0.4) is 0 Å². The molecule has 2 N–H and O–H groups in total. The molecule has 0 atom stereocenters. The molecule has 1 aromatic rings. The molecule has 0 saturated heterocycles. The zero-order valence-electron chi connectivity index (χ0n) is 10.9. The van der Waals surface area contributed by atoms with Gasteiger partial charge in [-0.1, -0.05) is 37.0 Å². The van der Waals surface area contributed by atoms with Crippen LogP contribution in [0, 0.1) is 13.8 Å². The van der Waals surface area contributed by atoms with Crippen LogP contribution in [0.5, 0.6) is 5.75 Å². The van der Waals surface area contributed by atoms with Crippen molar-refractivity contribution < 1.29 is 5.11 Å².